The van der Waals surface area contributed by atoms with Gasteiger partial charge in [0.15, 0.2) is 0 Å². The third kappa shape index (κ3) is 9.33. The van der Waals surface area contributed by atoms with Gasteiger partial charge in [-0.05, 0) is 87.0 Å². The molecular weight excluding hydrogens is 927 g/mol. The van der Waals surface area contributed by atoms with Crippen LogP contribution in [0.25, 0.3) is 28.0 Å². The molecule has 4 atom stereocenters. The average molecular weight is 982 g/mol. The number of amides is 3. The topological polar surface area (TPSA) is 204 Å². The highest BCUT2D eigenvalue weighted by Gasteiger charge is 2.41. The van der Waals surface area contributed by atoms with E-state index in [1.54, 1.807) is 35.1 Å². The predicted octanol–water partition coefficient (Wildman–Crippen LogP) is 6.14. The number of pyridine rings is 2. The SMILES string of the molecule is COc1cc(N2CCN(C3CCC(n4cc(-c5cn6ncc(C#N)c6c(-c6ccc(N7C[C@H]8CC(CNC(=O)c9ncccc9Cl)C[C@H]8C7)nc6)n5)cn4)CC3)CC2)c(F)cc1NC1CCC(=O)NC1=O. The van der Waals surface area contributed by atoms with Gasteiger partial charge in [0, 0.05) is 100 Å². The van der Waals surface area contributed by atoms with E-state index in [0.717, 1.165) is 81.6 Å². The normalized spacial score (nSPS) is 23.6. The molecule has 18 nitrogen and oxygen atoms in total. The molecule has 0 bridgehead atoms. The van der Waals surface area contributed by atoms with Crippen LogP contribution in [0.5, 0.6) is 5.75 Å². The minimum atomic E-state index is -0.647. The first-order valence-electron chi connectivity index (χ1n) is 24.5. The molecule has 0 spiro atoms. The van der Waals surface area contributed by atoms with Crippen molar-refractivity contribution in [3.05, 3.63) is 95.7 Å². The molecule has 5 fully saturated rings. The Morgan fingerprint density at radius 1 is 0.930 bits per heavy atom. The summed E-state index contributed by atoms with van der Waals surface area (Å²) in [6, 6.07) is 12.8. The Morgan fingerprint density at radius 3 is 2.44 bits per heavy atom. The number of anilines is 3. The lowest BCUT2D eigenvalue weighted by Crippen LogP contribution is -2.51. The zero-order valence-electron chi connectivity index (χ0n) is 39.3. The first-order valence-corrected chi connectivity index (χ1v) is 24.9. The van der Waals surface area contributed by atoms with Crippen LogP contribution >= 0.6 is 11.6 Å². The van der Waals surface area contributed by atoms with Crippen LogP contribution in [0.2, 0.25) is 5.02 Å². The van der Waals surface area contributed by atoms with Gasteiger partial charge < -0.3 is 25.2 Å². The summed E-state index contributed by atoms with van der Waals surface area (Å²) in [5.41, 5.74) is 5.12. The standard InChI is InChI=1S/C51H54ClFN14O4/c1-71-44-20-43(39(53)19-41(44)60-40-9-11-46(68)62-50(40)69)64-15-13-63(14-16-64)36-5-7-37(8-6-36)66-28-35(25-58-66)42-29-67-49(34(21-54)24-59-67)47(61-42)31-4-10-45(56-23-31)65-26-32-17-30(18-33(32)27-65)22-57-51(70)48-38(52)3-2-12-55-48/h2-4,10,12,19-20,23-25,28-30,32-33,36-37,40,60H,5-9,11,13-18,22,26-27H2,1H3,(H,57,70)(H,62,68,69)/t30?,32-,33+,36?,37?,40?. The molecule has 0 radical (unpaired) electrons. The molecule has 2 saturated carbocycles. The second-order valence-corrected chi connectivity index (χ2v) is 19.9. The Morgan fingerprint density at radius 2 is 1.72 bits per heavy atom. The molecule has 3 saturated heterocycles. The van der Waals surface area contributed by atoms with E-state index in [1.165, 1.54) is 13.2 Å². The van der Waals surface area contributed by atoms with Gasteiger partial charge in [-0.25, -0.2) is 23.9 Å². The van der Waals surface area contributed by atoms with E-state index in [0.29, 0.717) is 94.5 Å². The second-order valence-electron chi connectivity index (χ2n) is 19.5. The van der Waals surface area contributed by atoms with Crippen molar-refractivity contribution in [3.63, 3.8) is 0 Å². The van der Waals surface area contributed by atoms with Crippen molar-refractivity contribution in [1.29, 1.82) is 5.26 Å². The molecule has 3 aliphatic heterocycles. The first-order chi connectivity index (χ1) is 34.6. The summed E-state index contributed by atoms with van der Waals surface area (Å²) in [5, 5.41) is 28.2. The van der Waals surface area contributed by atoms with Crippen LogP contribution in [0.4, 0.5) is 21.6 Å². The van der Waals surface area contributed by atoms with Gasteiger partial charge in [-0.15, -0.1) is 0 Å². The number of aromatic nitrogens is 7. The molecule has 3 N–H and O–H groups in total. The number of benzene rings is 1. The highest BCUT2D eigenvalue weighted by molar-refractivity contribution is 6.33. The summed E-state index contributed by atoms with van der Waals surface area (Å²) in [6.45, 7) is 5.37. The Balaban J connectivity index is 0.697. The highest BCUT2D eigenvalue weighted by Crippen LogP contribution is 2.43. The molecule has 11 rings (SSSR count). The Kier molecular flexibility index (Phi) is 12.7. The van der Waals surface area contributed by atoms with Crippen molar-refractivity contribution in [3.8, 4) is 34.3 Å². The smallest absolute Gasteiger partial charge is 0.271 e. The van der Waals surface area contributed by atoms with Gasteiger partial charge in [-0.1, -0.05) is 11.6 Å². The third-order valence-electron chi connectivity index (χ3n) is 15.3. The number of nitriles is 1. The number of piperidine rings is 1. The van der Waals surface area contributed by atoms with E-state index in [2.05, 4.69) is 57.7 Å². The van der Waals surface area contributed by atoms with E-state index >= 15 is 4.39 Å². The highest BCUT2D eigenvalue weighted by atomic mass is 35.5. The molecule has 2 unspecified atom stereocenters. The molecule has 71 heavy (non-hydrogen) atoms. The quantitative estimate of drug-likeness (QED) is 0.118. The summed E-state index contributed by atoms with van der Waals surface area (Å²) in [6.07, 6.45) is 17.3. The van der Waals surface area contributed by atoms with Crippen LogP contribution in [0.3, 0.4) is 0 Å². The maximum Gasteiger partial charge on any atom is 0.271 e. The van der Waals surface area contributed by atoms with Gasteiger partial charge >= 0.3 is 0 Å². The molecule has 2 aliphatic carbocycles. The van der Waals surface area contributed by atoms with Crippen molar-refractivity contribution in [1.82, 2.24) is 49.9 Å². The lowest BCUT2D eigenvalue weighted by atomic mass is 9.90. The Labute approximate surface area is 414 Å². The van der Waals surface area contributed by atoms with Gasteiger partial charge in [0.25, 0.3) is 5.91 Å². The zero-order valence-corrected chi connectivity index (χ0v) is 40.1. The predicted molar refractivity (Wildman–Crippen MR) is 263 cm³/mol. The molecule has 366 valence electrons. The Hall–Kier alpha value is -7.17. The molecule has 8 heterocycles. The summed E-state index contributed by atoms with van der Waals surface area (Å²) >= 11 is 6.19. The minimum Gasteiger partial charge on any atom is -0.495 e. The summed E-state index contributed by atoms with van der Waals surface area (Å²) < 4.78 is 25.0. The summed E-state index contributed by atoms with van der Waals surface area (Å²) in [7, 11) is 1.52. The largest absolute Gasteiger partial charge is 0.495 e. The fourth-order valence-corrected chi connectivity index (χ4v) is 11.8. The van der Waals surface area contributed by atoms with E-state index in [1.807, 2.05) is 30.7 Å². The van der Waals surface area contributed by atoms with Crippen LogP contribution in [0.15, 0.2) is 73.6 Å². The van der Waals surface area contributed by atoms with Crippen molar-refractivity contribution < 1.29 is 23.5 Å². The number of rotatable bonds is 12. The van der Waals surface area contributed by atoms with Crippen LogP contribution in [0.1, 0.15) is 73.5 Å². The lowest BCUT2D eigenvalue weighted by molar-refractivity contribution is -0.133. The number of imide groups is 1. The fourth-order valence-electron chi connectivity index (χ4n) is 11.6. The van der Waals surface area contributed by atoms with Crippen LogP contribution in [0, 0.1) is 34.9 Å². The van der Waals surface area contributed by atoms with Gasteiger partial charge in [0.05, 0.1) is 59.5 Å². The van der Waals surface area contributed by atoms with Crippen LogP contribution < -0.4 is 30.5 Å². The zero-order chi connectivity index (χ0) is 48.8. The molecule has 5 aliphatic rings. The van der Waals surface area contributed by atoms with Gasteiger partial charge in [0.1, 0.15) is 46.3 Å². The number of fused-ring (bicyclic) bond motifs is 2. The number of carbonyl (C=O) groups is 3. The number of carbonyl (C=O) groups excluding carboxylic acids is 3. The van der Waals surface area contributed by atoms with E-state index in [4.69, 9.17) is 31.4 Å². The summed E-state index contributed by atoms with van der Waals surface area (Å²) in [5.74, 6) is 1.42. The maximum atomic E-state index is 15.6. The van der Waals surface area contributed by atoms with Crippen molar-refractivity contribution in [2.24, 2.45) is 17.8 Å². The van der Waals surface area contributed by atoms with Crippen LogP contribution in [-0.4, -0.2) is 122 Å². The molecule has 3 amide bonds. The number of methoxy groups -OCH3 is 1. The van der Waals surface area contributed by atoms with E-state index < -0.39 is 17.8 Å². The number of hydrogen-bond donors (Lipinski definition) is 3. The van der Waals surface area contributed by atoms with Crippen molar-refractivity contribution in [2.45, 2.75) is 69.5 Å². The Bertz CT molecular complexity index is 3020. The number of nitrogens with one attached hydrogen (secondary N) is 3. The number of piperazine rings is 1. The first kappa shape index (κ1) is 46.2. The molecule has 6 aromatic rings. The lowest BCUT2D eigenvalue weighted by Gasteiger charge is -2.42. The van der Waals surface area contributed by atoms with Crippen LogP contribution in [-0.2, 0) is 9.59 Å². The van der Waals surface area contributed by atoms with Crippen molar-refractivity contribution >= 4 is 52.0 Å². The summed E-state index contributed by atoms with van der Waals surface area (Å²) in [4.78, 5) is 57.8. The molecular formula is C51H54ClFN14O4. The van der Waals surface area contributed by atoms with Crippen molar-refractivity contribution in [2.75, 3.05) is 68.0 Å². The fraction of sp³-hybridized carbons (Fsp3) is 0.431. The number of ether oxygens (including phenoxy) is 1. The number of nitrogens with zero attached hydrogens (tertiary/aromatic N) is 11. The third-order valence-corrected chi connectivity index (χ3v) is 15.6. The van der Waals surface area contributed by atoms with E-state index in [-0.39, 0.29) is 30.0 Å². The molecule has 20 heteroatoms. The van der Waals surface area contributed by atoms with Gasteiger partial charge in [-0.2, -0.15) is 15.5 Å². The van der Waals surface area contributed by atoms with Gasteiger partial charge in [0.2, 0.25) is 11.8 Å². The number of halogens is 2. The van der Waals surface area contributed by atoms with Gasteiger partial charge in [-0.3, -0.25) is 29.3 Å². The molecule has 5 aromatic heterocycles. The number of hydrogen-bond acceptors (Lipinski definition) is 14. The maximum absolute atomic E-state index is 15.6. The molecule has 1 aromatic carbocycles. The minimum absolute atomic E-state index is 0.218. The second kappa shape index (κ2) is 19.6. The monoisotopic (exact) mass is 980 g/mol. The average Bonchev–Trinajstić information content (AvgIpc) is 4.21. The van der Waals surface area contributed by atoms with E-state index in [9.17, 15) is 19.6 Å².